The molecule has 0 aliphatic rings. The molecule has 4 aromatic rings. The molecule has 0 unspecified atom stereocenters. The predicted octanol–water partition coefficient (Wildman–Crippen LogP) is 5.90. The highest BCUT2D eigenvalue weighted by Gasteiger charge is 2.19. The Balaban J connectivity index is 1.64. The standard InChI is InChI=1S/C24H24N4O3S/c1-24(2,3)31-23(30)27-17-9-7-15(21-6-5-11-32-21)12-18(17)26-22(29)16-8-10-20-19(13-16)25-14-28(20)4/h5-14H,1-4H3,(H,26,29)(H,27,30). The first-order chi connectivity index (χ1) is 15.2. The van der Waals surface area contributed by atoms with Gasteiger partial charge >= 0.3 is 6.09 Å². The number of carbonyl (C=O) groups excluding carboxylic acids is 2. The summed E-state index contributed by atoms with van der Waals surface area (Å²) in [7, 11) is 1.90. The number of amides is 2. The van der Waals surface area contributed by atoms with Gasteiger partial charge in [0.05, 0.1) is 28.7 Å². The van der Waals surface area contributed by atoms with Crippen LogP contribution in [-0.4, -0.2) is 27.2 Å². The van der Waals surface area contributed by atoms with Crippen LogP contribution in [-0.2, 0) is 11.8 Å². The van der Waals surface area contributed by atoms with Crippen molar-refractivity contribution in [3.63, 3.8) is 0 Å². The maximum Gasteiger partial charge on any atom is 0.412 e. The second-order valence-electron chi connectivity index (χ2n) is 8.38. The van der Waals surface area contributed by atoms with Crippen LogP contribution in [0.25, 0.3) is 21.5 Å². The van der Waals surface area contributed by atoms with Gasteiger partial charge in [0.25, 0.3) is 5.91 Å². The van der Waals surface area contributed by atoms with Gasteiger partial charge in [0.2, 0.25) is 0 Å². The smallest absolute Gasteiger partial charge is 0.412 e. The lowest BCUT2D eigenvalue weighted by Gasteiger charge is -2.21. The Labute approximate surface area is 190 Å². The first-order valence-electron chi connectivity index (χ1n) is 10.1. The van der Waals surface area contributed by atoms with E-state index in [1.165, 1.54) is 0 Å². The van der Waals surface area contributed by atoms with E-state index in [1.54, 1.807) is 56.6 Å². The van der Waals surface area contributed by atoms with Crippen molar-refractivity contribution in [3.05, 3.63) is 65.8 Å². The van der Waals surface area contributed by atoms with Crippen molar-refractivity contribution < 1.29 is 14.3 Å². The Morgan fingerprint density at radius 2 is 1.84 bits per heavy atom. The van der Waals surface area contributed by atoms with Crippen LogP contribution in [0.15, 0.2) is 60.2 Å². The molecule has 0 saturated carbocycles. The number of fused-ring (bicyclic) bond motifs is 1. The molecule has 8 heteroatoms. The van der Waals surface area contributed by atoms with E-state index in [4.69, 9.17) is 4.74 Å². The SMILES string of the molecule is Cn1cnc2cc(C(=O)Nc3cc(-c4cccs4)ccc3NC(=O)OC(C)(C)C)ccc21. The molecule has 32 heavy (non-hydrogen) atoms. The molecule has 0 radical (unpaired) electrons. The Morgan fingerprint density at radius 1 is 1.03 bits per heavy atom. The number of aryl methyl sites for hydroxylation is 1. The molecule has 0 aliphatic carbocycles. The van der Waals surface area contributed by atoms with Crippen LogP contribution in [0.1, 0.15) is 31.1 Å². The van der Waals surface area contributed by atoms with Crippen molar-refractivity contribution in [2.24, 2.45) is 7.05 Å². The number of ether oxygens (including phenoxy) is 1. The van der Waals surface area contributed by atoms with Gasteiger partial charge < -0.3 is 14.6 Å². The van der Waals surface area contributed by atoms with E-state index in [1.807, 2.05) is 47.3 Å². The second-order valence-corrected chi connectivity index (χ2v) is 9.33. The zero-order valence-electron chi connectivity index (χ0n) is 18.3. The lowest BCUT2D eigenvalue weighted by molar-refractivity contribution is 0.0635. The molecule has 2 aromatic carbocycles. The van der Waals surface area contributed by atoms with Crippen molar-refractivity contribution >= 4 is 45.7 Å². The molecule has 2 heterocycles. The molecule has 0 fully saturated rings. The first kappa shape index (κ1) is 21.6. The summed E-state index contributed by atoms with van der Waals surface area (Å²) < 4.78 is 7.26. The Morgan fingerprint density at radius 3 is 2.56 bits per heavy atom. The highest BCUT2D eigenvalue weighted by molar-refractivity contribution is 7.13. The predicted molar refractivity (Wildman–Crippen MR) is 128 cm³/mol. The molecule has 0 saturated heterocycles. The molecular weight excluding hydrogens is 424 g/mol. The monoisotopic (exact) mass is 448 g/mol. The number of nitrogens with zero attached hydrogens (tertiary/aromatic N) is 2. The van der Waals surface area contributed by atoms with Gasteiger partial charge in [-0.15, -0.1) is 11.3 Å². The Bertz CT molecular complexity index is 1290. The zero-order chi connectivity index (χ0) is 22.9. The summed E-state index contributed by atoms with van der Waals surface area (Å²) in [5.41, 5.74) is 3.38. The summed E-state index contributed by atoms with van der Waals surface area (Å²) in [5, 5.41) is 7.66. The lowest BCUT2D eigenvalue weighted by atomic mass is 10.1. The quantitative estimate of drug-likeness (QED) is 0.407. The van der Waals surface area contributed by atoms with Crippen LogP contribution in [0.5, 0.6) is 0 Å². The minimum atomic E-state index is -0.636. The van der Waals surface area contributed by atoms with E-state index in [9.17, 15) is 9.59 Å². The van der Waals surface area contributed by atoms with Gasteiger partial charge in [-0.2, -0.15) is 0 Å². The third kappa shape index (κ3) is 4.81. The van der Waals surface area contributed by atoms with Crippen LogP contribution >= 0.6 is 11.3 Å². The van der Waals surface area contributed by atoms with Crippen LogP contribution in [0, 0.1) is 0 Å². The van der Waals surface area contributed by atoms with E-state index >= 15 is 0 Å². The Kier molecular flexibility index (Phi) is 5.71. The molecule has 7 nitrogen and oxygen atoms in total. The third-order valence-electron chi connectivity index (χ3n) is 4.70. The second kappa shape index (κ2) is 8.47. The summed E-state index contributed by atoms with van der Waals surface area (Å²) in [6.45, 7) is 5.38. The fraction of sp³-hybridized carbons (Fsp3) is 0.208. The average Bonchev–Trinajstić information content (AvgIpc) is 3.38. The lowest BCUT2D eigenvalue weighted by Crippen LogP contribution is -2.27. The van der Waals surface area contributed by atoms with Gasteiger partial charge in [-0.1, -0.05) is 12.1 Å². The molecule has 2 N–H and O–H groups in total. The number of thiophene rings is 1. The number of carbonyl (C=O) groups is 2. The van der Waals surface area contributed by atoms with E-state index < -0.39 is 11.7 Å². The van der Waals surface area contributed by atoms with Crippen molar-refractivity contribution in [3.8, 4) is 10.4 Å². The minimum absolute atomic E-state index is 0.298. The highest BCUT2D eigenvalue weighted by Crippen LogP contribution is 2.32. The van der Waals surface area contributed by atoms with Crippen molar-refractivity contribution in [2.45, 2.75) is 26.4 Å². The van der Waals surface area contributed by atoms with E-state index in [-0.39, 0.29) is 5.91 Å². The number of anilines is 2. The summed E-state index contributed by atoms with van der Waals surface area (Å²) in [5.74, 6) is -0.298. The van der Waals surface area contributed by atoms with Crippen molar-refractivity contribution in [1.82, 2.24) is 9.55 Å². The van der Waals surface area contributed by atoms with Gasteiger partial charge in [-0.05, 0) is 68.1 Å². The minimum Gasteiger partial charge on any atom is -0.444 e. The molecule has 0 spiro atoms. The molecule has 0 bridgehead atoms. The molecule has 0 aliphatic heterocycles. The molecule has 2 aromatic heterocycles. The summed E-state index contributed by atoms with van der Waals surface area (Å²) in [4.78, 5) is 30.8. The van der Waals surface area contributed by atoms with Crippen molar-refractivity contribution in [2.75, 3.05) is 10.6 Å². The number of hydrogen-bond acceptors (Lipinski definition) is 5. The molecule has 164 valence electrons. The van der Waals surface area contributed by atoms with E-state index in [0.717, 1.165) is 21.5 Å². The number of aromatic nitrogens is 2. The van der Waals surface area contributed by atoms with Crippen molar-refractivity contribution in [1.29, 1.82) is 0 Å². The Hall–Kier alpha value is -3.65. The normalized spacial score (nSPS) is 11.4. The summed E-state index contributed by atoms with van der Waals surface area (Å²) in [6, 6.07) is 14.8. The summed E-state index contributed by atoms with van der Waals surface area (Å²) in [6.07, 6.45) is 1.12. The maximum absolute atomic E-state index is 13.0. The number of rotatable bonds is 4. The van der Waals surface area contributed by atoms with Gasteiger partial charge in [0.15, 0.2) is 0 Å². The zero-order valence-corrected chi connectivity index (χ0v) is 19.1. The first-order valence-corrected chi connectivity index (χ1v) is 11.0. The van der Waals surface area contributed by atoms with Gasteiger partial charge in [0.1, 0.15) is 5.60 Å². The average molecular weight is 449 g/mol. The van der Waals surface area contributed by atoms with Gasteiger partial charge in [-0.25, -0.2) is 9.78 Å². The number of benzene rings is 2. The molecule has 4 rings (SSSR count). The fourth-order valence-electron chi connectivity index (χ4n) is 3.24. The van der Waals surface area contributed by atoms with Crippen LogP contribution in [0.4, 0.5) is 16.2 Å². The largest absolute Gasteiger partial charge is 0.444 e. The molecule has 2 amide bonds. The van der Waals surface area contributed by atoms with Gasteiger partial charge in [-0.3, -0.25) is 10.1 Å². The molecule has 0 atom stereocenters. The fourth-order valence-corrected chi connectivity index (χ4v) is 3.96. The number of imidazole rings is 1. The molecular formula is C24H24N4O3S. The summed E-state index contributed by atoms with van der Waals surface area (Å²) >= 11 is 1.60. The number of nitrogens with one attached hydrogen (secondary N) is 2. The van der Waals surface area contributed by atoms with Gasteiger partial charge in [0, 0.05) is 17.5 Å². The van der Waals surface area contributed by atoms with Crippen LogP contribution < -0.4 is 10.6 Å². The number of hydrogen-bond donors (Lipinski definition) is 2. The third-order valence-corrected chi connectivity index (χ3v) is 5.62. The highest BCUT2D eigenvalue weighted by atomic mass is 32.1. The van der Waals surface area contributed by atoms with E-state index in [0.29, 0.717) is 16.9 Å². The maximum atomic E-state index is 13.0. The van der Waals surface area contributed by atoms with E-state index in [2.05, 4.69) is 15.6 Å². The van der Waals surface area contributed by atoms with Crippen LogP contribution in [0.2, 0.25) is 0 Å². The topological polar surface area (TPSA) is 85.3 Å². The van der Waals surface area contributed by atoms with Crippen LogP contribution in [0.3, 0.4) is 0 Å².